The number of amides is 2. The van der Waals surface area contributed by atoms with Crippen molar-refractivity contribution in [3.63, 3.8) is 0 Å². The van der Waals surface area contributed by atoms with E-state index in [0.717, 1.165) is 22.1 Å². The normalized spacial score (nSPS) is 11.9. The van der Waals surface area contributed by atoms with Gasteiger partial charge in [-0.3, -0.25) is 9.59 Å². The van der Waals surface area contributed by atoms with Crippen molar-refractivity contribution < 1.29 is 19.1 Å². The van der Waals surface area contributed by atoms with Crippen molar-refractivity contribution in [2.75, 3.05) is 13.7 Å². The molecule has 0 saturated heterocycles. The lowest BCUT2D eigenvalue weighted by Crippen LogP contribution is -2.39. The smallest absolute Gasteiger partial charge is 0.252 e. The van der Waals surface area contributed by atoms with Gasteiger partial charge in [0.05, 0.1) is 18.2 Å². The maximum absolute atomic E-state index is 13.5. The Bertz CT molecular complexity index is 1350. The van der Waals surface area contributed by atoms with Gasteiger partial charge in [-0.1, -0.05) is 18.2 Å². The third-order valence-electron chi connectivity index (χ3n) is 5.67. The monoisotopic (exact) mass is 523 g/mol. The van der Waals surface area contributed by atoms with Gasteiger partial charge in [0.25, 0.3) is 11.8 Å². The number of halogens is 2. The van der Waals surface area contributed by atoms with Crippen molar-refractivity contribution in [1.29, 1.82) is 0 Å². The Morgan fingerprint density at radius 1 is 1.03 bits per heavy atom. The molecule has 3 aromatic carbocycles. The van der Waals surface area contributed by atoms with Crippen molar-refractivity contribution in [2.24, 2.45) is 0 Å². The van der Waals surface area contributed by atoms with Crippen LogP contribution in [0.25, 0.3) is 22.0 Å². The van der Waals surface area contributed by atoms with Gasteiger partial charge in [-0.25, -0.2) is 4.39 Å². The molecule has 1 unspecified atom stereocenters. The summed E-state index contributed by atoms with van der Waals surface area (Å²) in [5.41, 5.74) is 4.18. The molecule has 6 nitrogen and oxygen atoms in total. The first-order chi connectivity index (χ1) is 16.4. The lowest BCUT2D eigenvalue weighted by Gasteiger charge is -2.17. The predicted octanol–water partition coefficient (Wildman–Crippen LogP) is 4.43. The third kappa shape index (κ3) is 5.03. The first kappa shape index (κ1) is 23.7. The summed E-state index contributed by atoms with van der Waals surface area (Å²) in [6.07, 6.45) is 2.14. The van der Waals surface area contributed by atoms with Gasteiger partial charge in [0.1, 0.15) is 5.82 Å². The van der Waals surface area contributed by atoms with Crippen LogP contribution in [0.5, 0.6) is 0 Å². The average molecular weight is 524 g/mol. The standard InChI is InChI=1S/C26H23BrFN3O3/c1-29-25(33)16-4-2-15(3-5-16)17-6-9-23(27)22(11-17)26(34)31-20(14-32)10-18-13-30-24-12-19(28)7-8-21(18)24/h2-9,11-13,20,30,32H,10,14H2,1H3,(H,29,33)(H,31,34). The van der Waals surface area contributed by atoms with Crippen LogP contribution in [0.15, 0.2) is 71.3 Å². The van der Waals surface area contributed by atoms with Gasteiger partial charge >= 0.3 is 0 Å². The van der Waals surface area contributed by atoms with Crippen LogP contribution in [0.3, 0.4) is 0 Å². The number of aromatic amines is 1. The molecule has 4 rings (SSSR count). The zero-order valence-corrected chi connectivity index (χ0v) is 19.9. The highest BCUT2D eigenvalue weighted by molar-refractivity contribution is 9.10. The summed E-state index contributed by atoms with van der Waals surface area (Å²) >= 11 is 3.44. The lowest BCUT2D eigenvalue weighted by atomic mass is 10.0. The molecule has 0 spiro atoms. The number of hydrogen-bond acceptors (Lipinski definition) is 3. The van der Waals surface area contributed by atoms with Crippen molar-refractivity contribution in [3.05, 3.63) is 93.8 Å². The van der Waals surface area contributed by atoms with Gasteiger partial charge in [-0.05, 0) is 81.5 Å². The molecule has 0 aliphatic rings. The zero-order valence-electron chi connectivity index (χ0n) is 18.4. The van der Waals surface area contributed by atoms with Crippen LogP contribution in [0.2, 0.25) is 0 Å². The number of carbonyl (C=O) groups excluding carboxylic acids is 2. The second-order valence-electron chi connectivity index (χ2n) is 7.91. The molecular formula is C26H23BrFN3O3. The molecule has 1 atom stereocenters. The van der Waals surface area contributed by atoms with E-state index in [4.69, 9.17) is 0 Å². The molecular weight excluding hydrogens is 501 g/mol. The highest BCUT2D eigenvalue weighted by atomic mass is 79.9. The maximum Gasteiger partial charge on any atom is 0.252 e. The quantitative estimate of drug-likeness (QED) is 0.288. The molecule has 4 aromatic rings. The van der Waals surface area contributed by atoms with Gasteiger partial charge < -0.3 is 20.7 Å². The Balaban J connectivity index is 1.53. The topological polar surface area (TPSA) is 94.2 Å². The molecule has 0 aliphatic heterocycles. The molecule has 2 amide bonds. The van der Waals surface area contributed by atoms with Crippen LogP contribution in [-0.4, -0.2) is 41.6 Å². The molecule has 4 N–H and O–H groups in total. The number of carbonyl (C=O) groups is 2. The van der Waals surface area contributed by atoms with Crippen LogP contribution in [0.1, 0.15) is 26.3 Å². The van der Waals surface area contributed by atoms with E-state index >= 15 is 0 Å². The summed E-state index contributed by atoms with van der Waals surface area (Å²) in [6, 6.07) is 16.5. The largest absolute Gasteiger partial charge is 0.394 e. The molecule has 8 heteroatoms. The molecule has 0 aliphatic carbocycles. The number of aliphatic hydroxyl groups is 1. The van der Waals surface area contributed by atoms with Crippen molar-refractivity contribution in [2.45, 2.75) is 12.5 Å². The van der Waals surface area contributed by atoms with Crippen molar-refractivity contribution in [1.82, 2.24) is 15.6 Å². The highest BCUT2D eigenvalue weighted by Crippen LogP contribution is 2.26. The van der Waals surface area contributed by atoms with Gasteiger partial charge in [0.15, 0.2) is 0 Å². The molecule has 0 fully saturated rings. The zero-order chi connectivity index (χ0) is 24.2. The average Bonchev–Trinajstić information content (AvgIpc) is 3.24. The number of H-pyrrole nitrogens is 1. The van der Waals surface area contributed by atoms with Gasteiger partial charge in [-0.15, -0.1) is 0 Å². The van der Waals surface area contributed by atoms with Gasteiger partial charge in [0, 0.05) is 34.2 Å². The highest BCUT2D eigenvalue weighted by Gasteiger charge is 2.18. The number of fused-ring (bicyclic) bond motifs is 1. The van der Waals surface area contributed by atoms with E-state index in [9.17, 15) is 19.1 Å². The van der Waals surface area contributed by atoms with Crippen LogP contribution in [-0.2, 0) is 6.42 Å². The molecule has 1 heterocycles. The van der Waals surface area contributed by atoms with E-state index in [-0.39, 0.29) is 24.2 Å². The first-order valence-corrected chi connectivity index (χ1v) is 11.5. The Labute approximate surface area is 204 Å². The predicted molar refractivity (Wildman–Crippen MR) is 133 cm³/mol. The van der Waals surface area contributed by atoms with Crippen molar-refractivity contribution >= 4 is 38.6 Å². The van der Waals surface area contributed by atoms with E-state index in [1.807, 2.05) is 18.2 Å². The molecule has 174 valence electrons. The maximum atomic E-state index is 13.5. The molecule has 1 aromatic heterocycles. The Morgan fingerprint density at radius 3 is 2.47 bits per heavy atom. The van der Waals surface area contributed by atoms with Gasteiger partial charge in [0.2, 0.25) is 0 Å². The van der Waals surface area contributed by atoms with Crippen LogP contribution in [0, 0.1) is 5.82 Å². The van der Waals surface area contributed by atoms with E-state index < -0.39 is 6.04 Å². The fourth-order valence-electron chi connectivity index (χ4n) is 3.85. The Morgan fingerprint density at radius 2 is 1.76 bits per heavy atom. The summed E-state index contributed by atoms with van der Waals surface area (Å²) in [5, 5.41) is 16.2. The second kappa shape index (κ2) is 10.2. The number of aliphatic hydroxyl groups excluding tert-OH is 1. The first-order valence-electron chi connectivity index (χ1n) is 10.7. The van der Waals surface area contributed by atoms with E-state index in [1.165, 1.54) is 12.1 Å². The molecule has 34 heavy (non-hydrogen) atoms. The van der Waals surface area contributed by atoms with Crippen LogP contribution in [0.4, 0.5) is 4.39 Å². The fourth-order valence-corrected chi connectivity index (χ4v) is 4.28. The number of rotatable bonds is 7. The summed E-state index contributed by atoms with van der Waals surface area (Å²) in [5.74, 6) is -0.834. The molecule has 0 saturated carbocycles. The SMILES string of the molecule is CNC(=O)c1ccc(-c2ccc(Br)c(C(=O)NC(CO)Cc3c[nH]c4cc(F)ccc34)c2)cc1. The van der Waals surface area contributed by atoms with E-state index in [1.54, 1.807) is 43.6 Å². The number of benzene rings is 3. The molecule has 0 radical (unpaired) electrons. The third-order valence-corrected chi connectivity index (χ3v) is 6.36. The Hall–Kier alpha value is -3.49. The summed E-state index contributed by atoms with van der Waals surface area (Å²) in [6.45, 7) is -0.252. The van der Waals surface area contributed by atoms with Crippen LogP contribution >= 0.6 is 15.9 Å². The van der Waals surface area contributed by atoms with Crippen molar-refractivity contribution in [3.8, 4) is 11.1 Å². The summed E-state index contributed by atoms with van der Waals surface area (Å²) in [4.78, 5) is 27.9. The number of hydrogen-bond donors (Lipinski definition) is 4. The minimum absolute atomic E-state index is 0.169. The Kier molecular flexibility index (Phi) is 7.09. The van der Waals surface area contributed by atoms with Crippen LogP contribution < -0.4 is 10.6 Å². The summed E-state index contributed by atoms with van der Waals surface area (Å²) < 4.78 is 14.1. The minimum Gasteiger partial charge on any atom is -0.394 e. The number of nitrogens with one attached hydrogen (secondary N) is 3. The van der Waals surface area contributed by atoms with E-state index in [2.05, 4.69) is 31.5 Å². The summed E-state index contributed by atoms with van der Waals surface area (Å²) in [7, 11) is 1.58. The minimum atomic E-state index is -0.529. The second-order valence-corrected chi connectivity index (χ2v) is 8.77. The number of aromatic nitrogens is 1. The fraction of sp³-hybridized carbons (Fsp3) is 0.154. The lowest BCUT2D eigenvalue weighted by molar-refractivity contribution is 0.0914. The van der Waals surface area contributed by atoms with E-state index in [0.29, 0.717) is 27.5 Å². The van der Waals surface area contributed by atoms with Gasteiger partial charge in [-0.2, -0.15) is 0 Å². The molecule has 0 bridgehead atoms.